The molecule has 4 amide bonds. The van der Waals surface area contributed by atoms with E-state index >= 15 is 0 Å². The molecule has 0 aliphatic carbocycles. The summed E-state index contributed by atoms with van der Waals surface area (Å²) in [5.74, 6) is 0.278. The molecule has 170 valence electrons. The molecule has 3 rings (SSSR count). The second-order valence-corrected chi connectivity index (χ2v) is 8.46. The van der Waals surface area contributed by atoms with Gasteiger partial charge in [-0.3, -0.25) is 19.8 Å². The van der Waals surface area contributed by atoms with Gasteiger partial charge in [0.25, 0.3) is 5.91 Å². The largest absolute Gasteiger partial charge is 0.496 e. The third-order valence-corrected chi connectivity index (χ3v) is 5.13. The van der Waals surface area contributed by atoms with E-state index in [0.717, 1.165) is 5.56 Å². The average Bonchev–Trinajstić information content (AvgIpc) is 2.73. The van der Waals surface area contributed by atoms with Gasteiger partial charge in [-0.25, -0.2) is 4.79 Å². The molecule has 1 fully saturated rings. The number of urea groups is 1. The molecule has 8 nitrogen and oxygen atoms in total. The molecule has 2 aromatic rings. The van der Waals surface area contributed by atoms with E-state index in [2.05, 4.69) is 10.6 Å². The number of carbonyl (C=O) groups is 3. The number of amides is 4. The number of nitrogens with zero attached hydrogens (tertiary/aromatic N) is 1. The summed E-state index contributed by atoms with van der Waals surface area (Å²) in [7, 11) is 1.52. The van der Waals surface area contributed by atoms with Gasteiger partial charge >= 0.3 is 6.03 Å². The van der Waals surface area contributed by atoms with Crippen LogP contribution in [0.5, 0.6) is 11.5 Å². The highest BCUT2D eigenvalue weighted by molar-refractivity contribution is 6.10. The Balaban J connectivity index is 2.08. The van der Waals surface area contributed by atoms with Crippen LogP contribution in [-0.2, 0) is 10.2 Å². The minimum atomic E-state index is -0.515. The van der Waals surface area contributed by atoms with Gasteiger partial charge in [0.05, 0.1) is 25.0 Å². The zero-order valence-electron chi connectivity index (χ0n) is 19.1. The molecule has 8 heteroatoms. The van der Waals surface area contributed by atoms with E-state index in [1.807, 2.05) is 39.8 Å². The number of methoxy groups -OCH3 is 1. The lowest BCUT2D eigenvalue weighted by Crippen LogP contribution is -2.49. The molecular weight excluding hydrogens is 410 g/mol. The molecule has 1 aliphatic rings. The third kappa shape index (κ3) is 4.85. The van der Waals surface area contributed by atoms with Gasteiger partial charge in [-0.15, -0.1) is 0 Å². The Bertz CT molecular complexity index is 1040. The number of benzene rings is 2. The van der Waals surface area contributed by atoms with Crippen LogP contribution in [0.25, 0.3) is 0 Å². The fraction of sp³-hybridized carbons (Fsp3) is 0.375. The Hall–Kier alpha value is -3.55. The highest BCUT2D eigenvalue weighted by Gasteiger charge is 2.30. The van der Waals surface area contributed by atoms with Gasteiger partial charge in [-0.05, 0) is 36.6 Å². The average molecular weight is 440 g/mol. The summed E-state index contributed by atoms with van der Waals surface area (Å²) in [5, 5.41) is 5.22. The molecule has 1 heterocycles. The molecule has 0 atom stereocenters. The molecule has 0 bridgehead atoms. The normalized spacial score (nSPS) is 14.1. The van der Waals surface area contributed by atoms with E-state index in [1.165, 1.54) is 12.0 Å². The van der Waals surface area contributed by atoms with Crippen molar-refractivity contribution in [3.8, 4) is 11.5 Å². The molecule has 0 spiro atoms. The smallest absolute Gasteiger partial charge is 0.328 e. The first-order chi connectivity index (χ1) is 15.2. The Kier molecular flexibility index (Phi) is 6.72. The highest BCUT2D eigenvalue weighted by Crippen LogP contribution is 2.39. The van der Waals surface area contributed by atoms with Crippen LogP contribution in [0.15, 0.2) is 36.4 Å². The first kappa shape index (κ1) is 23.1. The van der Waals surface area contributed by atoms with Crippen molar-refractivity contribution in [1.29, 1.82) is 0 Å². The summed E-state index contributed by atoms with van der Waals surface area (Å²) in [6, 6.07) is 10.1. The minimum absolute atomic E-state index is 0.186. The zero-order chi connectivity index (χ0) is 23.5. The predicted molar refractivity (Wildman–Crippen MR) is 123 cm³/mol. The van der Waals surface area contributed by atoms with Gasteiger partial charge in [-0.1, -0.05) is 32.9 Å². The molecule has 32 heavy (non-hydrogen) atoms. The topological polar surface area (TPSA) is 97.0 Å². The van der Waals surface area contributed by atoms with Crippen molar-refractivity contribution < 1.29 is 23.9 Å². The van der Waals surface area contributed by atoms with Crippen LogP contribution in [0.1, 0.15) is 50.0 Å². The van der Waals surface area contributed by atoms with E-state index in [0.29, 0.717) is 29.5 Å². The maximum absolute atomic E-state index is 13.4. The lowest BCUT2D eigenvalue weighted by atomic mass is 9.84. The van der Waals surface area contributed by atoms with Crippen LogP contribution in [0.2, 0.25) is 0 Å². The maximum Gasteiger partial charge on any atom is 0.328 e. The van der Waals surface area contributed by atoms with Gasteiger partial charge < -0.3 is 14.8 Å². The summed E-state index contributed by atoms with van der Waals surface area (Å²) < 4.78 is 11.3. The monoisotopic (exact) mass is 439 g/mol. The highest BCUT2D eigenvalue weighted by atomic mass is 16.5. The summed E-state index contributed by atoms with van der Waals surface area (Å²) >= 11 is 0. The Morgan fingerprint density at radius 2 is 1.91 bits per heavy atom. The van der Waals surface area contributed by atoms with E-state index < -0.39 is 11.9 Å². The van der Waals surface area contributed by atoms with Crippen LogP contribution in [0, 0.1) is 0 Å². The maximum atomic E-state index is 13.4. The number of anilines is 2. The van der Waals surface area contributed by atoms with Gasteiger partial charge in [0.2, 0.25) is 5.91 Å². The van der Waals surface area contributed by atoms with Gasteiger partial charge in [0.1, 0.15) is 11.5 Å². The second kappa shape index (κ2) is 9.30. The van der Waals surface area contributed by atoms with Crippen LogP contribution in [0.3, 0.4) is 0 Å². The number of rotatable bonds is 6. The van der Waals surface area contributed by atoms with E-state index in [1.54, 1.807) is 24.3 Å². The van der Waals surface area contributed by atoms with Crippen LogP contribution in [-0.4, -0.2) is 38.1 Å². The molecular formula is C24H29N3O5. The van der Waals surface area contributed by atoms with Crippen molar-refractivity contribution in [2.24, 2.45) is 0 Å². The molecule has 0 aromatic heterocycles. The van der Waals surface area contributed by atoms with E-state index in [-0.39, 0.29) is 29.9 Å². The molecule has 2 aromatic carbocycles. The Morgan fingerprint density at radius 1 is 1.19 bits per heavy atom. The predicted octanol–water partition coefficient (Wildman–Crippen LogP) is 4.09. The van der Waals surface area contributed by atoms with Crippen molar-refractivity contribution in [1.82, 2.24) is 5.32 Å². The van der Waals surface area contributed by atoms with Crippen LogP contribution >= 0.6 is 0 Å². The summed E-state index contributed by atoms with van der Waals surface area (Å²) in [6.07, 6.45) is 0.186. The number of imide groups is 1. The SMILES string of the molecule is CCOc1ccccc1NC(=O)c1cc(N2CCC(=O)NC2=O)cc(C(C)(C)C)c1OC. The quantitative estimate of drug-likeness (QED) is 0.707. The summed E-state index contributed by atoms with van der Waals surface area (Å²) in [4.78, 5) is 38.9. The minimum Gasteiger partial charge on any atom is -0.496 e. The number of hydrogen-bond acceptors (Lipinski definition) is 5. The lowest BCUT2D eigenvalue weighted by Gasteiger charge is -2.30. The van der Waals surface area contributed by atoms with Crippen molar-refractivity contribution in [2.75, 3.05) is 30.5 Å². The molecule has 1 aliphatic heterocycles. The molecule has 0 unspecified atom stereocenters. The van der Waals surface area contributed by atoms with Crippen molar-refractivity contribution in [3.63, 3.8) is 0 Å². The first-order valence-electron chi connectivity index (χ1n) is 10.5. The fourth-order valence-electron chi connectivity index (χ4n) is 3.57. The van der Waals surface area contributed by atoms with Crippen molar-refractivity contribution >= 4 is 29.2 Å². The Morgan fingerprint density at radius 3 is 2.53 bits per heavy atom. The first-order valence-corrected chi connectivity index (χ1v) is 10.5. The molecule has 0 saturated carbocycles. The number of ether oxygens (including phenoxy) is 2. The molecule has 1 saturated heterocycles. The van der Waals surface area contributed by atoms with Crippen molar-refractivity contribution in [2.45, 2.75) is 39.5 Å². The lowest BCUT2D eigenvalue weighted by molar-refractivity contribution is -0.120. The standard InChI is InChI=1S/C24H29N3O5/c1-6-32-19-10-8-7-9-18(19)25-22(29)16-13-15(27-12-11-20(28)26-23(27)30)14-17(21(16)31-5)24(2,3)4/h7-10,13-14H,6,11-12H2,1-5H3,(H,25,29)(H,26,28,30). The summed E-state index contributed by atoms with van der Waals surface area (Å²) in [6.45, 7) is 8.56. The van der Waals surface area contributed by atoms with Gasteiger partial charge in [0, 0.05) is 24.2 Å². The third-order valence-electron chi connectivity index (χ3n) is 5.13. The van der Waals surface area contributed by atoms with Crippen LogP contribution < -0.4 is 25.0 Å². The Labute approximate surface area is 187 Å². The fourth-order valence-corrected chi connectivity index (χ4v) is 3.57. The summed E-state index contributed by atoms with van der Waals surface area (Å²) in [5.41, 5.74) is 1.73. The zero-order valence-corrected chi connectivity index (χ0v) is 19.1. The van der Waals surface area contributed by atoms with Gasteiger partial charge in [0.15, 0.2) is 0 Å². The van der Waals surface area contributed by atoms with E-state index in [4.69, 9.17) is 9.47 Å². The number of carbonyl (C=O) groups excluding carboxylic acids is 3. The number of hydrogen-bond donors (Lipinski definition) is 2. The van der Waals surface area contributed by atoms with Crippen LogP contribution in [0.4, 0.5) is 16.2 Å². The molecule has 2 N–H and O–H groups in total. The second-order valence-electron chi connectivity index (χ2n) is 8.46. The molecule has 0 radical (unpaired) electrons. The van der Waals surface area contributed by atoms with E-state index in [9.17, 15) is 14.4 Å². The van der Waals surface area contributed by atoms with Gasteiger partial charge in [-0.2, -0.15) is 0 Å². The van der Waals surface area contributed by atoms with Crippen molar-refractivity contribution in [3.05, 3.63) is 47.5 Å². The number of para-hydroxylation sites is 2. The number of nitrogens with one attached hydrogen (secondary N) is 2.